The van der Waals surface area contributed by atoms with Crippen LogP contribution in [0.5, 0.6) is 0 Å². The molecule has 0 radical (unpaired) electrons. The molecule has 0 N–H and O–H groups in total. The fourth-order valence-corrected chi connectivity index (χ4v) is 5.58. The Morgan fingerprint density at radius 3 is 2.06 bits per heavy atom. The molecule has 1 saturated carbocycles. The van der Waals surface area contributed by atoms with E-state index in [9.17, 15) is 0 Å². The van der Waals surface area contributed by atoms with Crippen molar-refractivity contribution >= 4 is 22.7 Å². The molecule has 2 aromatic rings. The summed E-state index contributed by atoms with van der Waals surface area (Å²) in [5.41, 5.74) is 3.57. The SMILES string of the molecule is CC1(C2CCC2)c2ccsc2-c2sccc21. The van der Waals surface area contributed by atoms with Crippen molar-refractivity contribution in [1.82, 2.24) is 0 Å². The molecule has 4 rings (SSSR count). The largest absolute Gasteiger partial charge is 0.143 e. The van der Waals surface area contributed by atoms with Crippen LogP contribution in [0.2, 0.25) is 0 Å². The van der Waals surface area contributed by atoms with Gasteiger partial charge in [-0.15, -0.1) is 22.7 Å². The molecule has 0 aliphatic heterocycles. The first kappa shape index (κ1) is 9.43. The van der Waals surface area contributed by atoms with Gasteiger partial charge in [-0.2, -0.15) is 0 Å². The minimum atomic E-state index is 0.336. The first-order valence-electron chi connectivity index (χ1n) is 5.98. The van der Waals surface area contributed by atoms with Crippen molar-refractivity contribution in [2.45, 2.75) is 31.6 Å². The molecule has 2 aliphatic rings. The van der Waals surface area contributed by atoms with Gasteiger partial charge in [-0.25, -0.2) is 0 Å². The minimum Gasteiger partial charge on any atom is -0.143 e. The zero-order valence-electron chi connectivity index (χ0n) is 9.32. The summed E-state index contributed by atoms with van der Waals surface area (Å²) in [7, 11) is 0. The normalized spacial score (nSPS) is 21.6. The molecular weight excluding hydrogens is 232 g/mol. The quantitative estimate of drug-likeness (QED) is 0.671. The first-order valence-corrected chi connectivity index (χ1v) is 7.74. The molecule has 2 heterocycles. The number of fused-ring (bicyclic) bond motifs is 3. The molecule has 0 unspecified atom stereocenters. The van der Waals surface area contributed by atoms with Gasteiger partial charge in [-0.1, -0.05) is 13.3 Å². The fourth-order valence-electron chi connectivity index (χ4n) is 3.36. The Hall–Kier alpha value is -0.600. The van der Waals surface area contributed by atoms with Crippen LogP contribution >= 0.6 is 22.7 Å². The maximum atomic E-state index is 2.47. The van der Waals surface area contributed by atoms with E-state index >= 15 is 0 Å². The summed E-state index contributed by atoms with van der Waals surface area (Å²) in [5.74, 6) is 0.886. The number of rotatable bonds is 1. The molecule has 2 aliphatic carbocycles. The average Bonchev–Trinajstić information content (AvgIpc) is 2.84. The Labute approximate surface area is 104 Å². The third kappa shape index (κ3) is 0.917. The van der Waals surface area contributed by atoms with Crippen LogP contribution in [0.1, 0.15) is 37.3 Å². The molecule has 0 spiro atoms. The second-order valence-electron chi connectivity index (χ2n) is 5.16. The Morgan fingerprint density at radius 1 is 1.06 bits per heavy atom. The molecule has 0 nitrogen and oxygen atoms in total. The topological polar surface area (TPSA) is 0 Å². The molecule has 1 fully saturated rings. The van der Waals surface area contributed by atoms with E-state index in [0.29, 0.717) is 5.41 Å². The van der Waals surface area contributed by atoms with Gasteiger partial charge in [0.1, 0.15) is 0 Å². The van der Waals surface area contributed by atoms with E-state index in [-0.39, 0.29) is 0 Å². The van der Waals surface area contributed by atoms with Crippen molar-refractivity contribution < 1.29 is 0 Å². The van der Waals surface area contributed by atoms with Crippen LogP contribution in [0, 0.1) is 5.92 Å². The zero-order chi connectivity index (χ0) is 10.8. The van der Waals surface area contributed by atoms with Gasteiger partial charge >= 0.3 is 0 Å². The van der Waals surface area contributed by atoms with Crippen LogP contribution in [0.15, 0.2) is 22.9 Å². The summed E-state index contributed by atoms with van der Waals surface area (Å²) in [5, 5.41) is 4.54. The Kier molecular flexibility index (Phi) is 1.76. The van der Waals surface area contributed by atoms with Crippen molar-refractivity contribution in [1.29, 1.82) is 0 Å². The smallest absolute Gasteiger partial charge is 0.0486 e. The number of thiophene rings is 2. The van der Waals surface area contributed by atoms with E-state index in [0.717, 1.165) is 5.92 Å². The average molecular weight is 246 g/mol. The lowest BCUT2D eigenvalue weighted by molar-refractivity contribution is 0.215. The van der Waals surface area contributed by atoms with Gasteiger partial charge in [-0.3, -0.25) is 0 Å². The number of hydrogen-bond acceptors (Lipinski definition) is 2. The summed E-state index contributed by atoms with van der Waals surface area (Å²) >= 11 is 3.85. The van der Waals surface area contributed by atoms with Gasteiger partial charge in [0.2, 0.25) is 0 Å². The third-order valence-corrected chi connectivity index (χ3v) is 6.57. The standard InChI is InChI=1S/C14H14S2/c1-14(9-3-2-4-9)10-5-7-15-12(10)13-11(14)6-8-16-13/h5-9H,2-4H2,1H3. The van der Waals surface area contributed by atoms with Crippen LogP contribution in [-0.2, 0) is 5.41 Å². The van der Waals surface area contributed by atoms with Crippen molar-refractivity contribution in [2.24, 2.45) is 5.92 Å². The minimum absolute atomic E-state index is 0.336. The van der Waals surface area contributed by atoms with Crippen molar-refractivity contribution in [3.8, 4) is 9.75 Å². The van der Waals surface area contributed by atoms with E-state index in [1.807, 2.05) is 22.7 Å². The second-order valence-corrected chi connectivity index (χ2v) is 6.99. The molecule has 0 amide bonds. The Bertz CT molecular complexity index is 502. The highest BCUT2D eigenvalue weighted by Gasteiger charge is 2.48. The second kappa shape index (κ2) is 2.99. The molecule has 0 atom stereocenters. The molecule has 2 heteroatoms. The predicted octanol–water partition coefficient (Wildman–Crippen LogP) is 4.90. The number of hydrogen-bond donors (Lipinski definition) is 0. The highest BCUT2D eigenvalue weighted by atomic mass is 32.1. The lowest BCUT2D eigenvalue weighted by Gasteiger charge is -2.41. The van der Waals surface area contributed by atoms with Gasteiger partial charge in [0.25, 0.3) is 0 Å². The van der Waals surface area contributed by atoms with Crippen molar-refractivity contribution in [2.75, 3.05) is 0 Å². The van der Waals surface area contributed by atoms with Crippen LogP contribution in [0.25, 0.3) is 9.75 Å². The predicted molar refractivity (Wildman–Crippen MR) is 71.4 cm³/mol. The first-order chi connectivity index (χ1) is 7.82. The van der Waals surface area contributed by atoms with Gasteiger partial charge in [0.15, 0.2) is 0 Å². The summed E-state index contributed by atoms with van der Waals surface area (Å²) in [6, 6.07) is 4.73. The van der Waals surface area contributed by atoms with E-state index in [4.69, 9.17) is 0 Å². The highest BCUT2D eigenvalue weighted by molar-refractivity contribution is 7.21. The fraction of sp³-hybridized carbons (Fsp3) is 0.429. The van der Waals surface area contributed by atoms with Crippen LogP contribution in [0.3, 0.4) is 0 Å². The van der Waals surface area contributed by atoms with Gasteiger partial charge in [0.05, 0.1) is 0 Å². The summed E-state index contributed by atoms with van der Waals surface area (Å²) in [6.07, 6.45) is 4.27. The molecule has 2 aromatic heterocycles. The lowest BCUT2D eigenvalue weighted by Crippen LogP contribution is -2.35. The van der Waals surface area contributed by atoms with E-state index in [1.54, 1.807) is 20.9 Å². The third-order valence-electron chi connectivity index (χ3n) is 4.58. The monoisotopic (exact) mass is 246 g/mol. The van der Waals surface area contributed by atoms with Crippen molar-refractivity contribution in [3.05, 3.63) is 34.0 Å². The maximum Gasteiger partial charge on any atom is 0.0486 e. The maximum absolute atomic E-state index is 2.47. The zero-order valence-corrected chi connectivity index (χ0v) is 11.0. The van der Waals surface area contributed by atoms with Gasteiger partial charge < -0.3 is 0 Å². The van der Waals surface area contributed by atoms with Gasteiger partial charge in [0, 0.05) is 15.2 Å². The molecular formula is C14H14S2. The molecule has 0 saturated heterocycles. The summed E-state index contributed by atoms with van der Waals surface area (Å²) in [4.78, 5) is 3.11. The Morgan fingerprint density at radius 2 is 1.62 bits per heavy atom. The molecule has 16 heavy (non-hydrogen) atoms. The van der Waals surface area contributed by atoms with Gasteiger partial charge in [-0.05, 0) is 52.8 Å². The van der Waals surface area contributed by atoms with Crippen LogP contribution < -0.4 is 0 Å². The van der Waals surface area contributed by atoms with E-state index < -0.39 is 0 Å². The van der Waals surface area contributed by atoms with Crippen molar-refractivity contribution in [3.63, 3.8) is 0 Å². The van der Waals surface area contributed by atoms with Crippen LogP contribution in [-0.4, -0.2) is 0 Å². The van der Waals surface area contributed by atoms with E-state index in [2.05, 4.69) is 29.8 Å². The summed E-state index contributed by atoms with van der Waals surface area (Å²) in [6.45, 7) is 2.47. The van der Waals surface area contributed by atoms with Crippen LogP contribution in [0.4, 0.5) is 0 Å². The molecule has 0 aromatic carbocycles. The summed E-state index contributed by atoms with van der Waals surface area (Å²) < 4.78 is 0. The molecule has 82 valence electrons. The lowest BCUT2D eigenvalue weighted by atomic mass is 9.62. The molecule has 0 bridgehead atoms. The Balaban J connectivity index is 2.01. The highest BCUT2D eigenvalue weighted by Crippen LogP contribution is 2.60. The van der Waals surface area contributed by atoms with E-state index in [1.165, 1.54) is 19.3 Å².